The zero-order valence-electron chi connectivity index (χ0n) is 12.5. The summed E-state index contributed by atoms with van der Waals surface area (Å²) in [6, 6.07) is 15.1. The Hall–Kier alpha value is -3.04. The number of rotatable bonds is 6. The molecule has 24 heavy (non-hydrogen) atoms. The molecule has 7 heteroatoms. The van der Waals surface area contributed by atoms with Gasteiger partial charge in [-0.3, -0.25) is 4.79 Å². The molecule has 0 aliphatic rings. The van der Waals surface area contributed by atoms with E-state index in [9.17, 15) is 9.59 Å². The van der Waals surface area contributed by atoms with Crippen LogP contribution in [-0.2, 0) is 14.3 Å². The van der Waals surface area contributed by atoms with Crippen LogP contribution in [-0.4, -0.2) is 25.1 Å². The van der Waals surface area contributed by atoms with Crippen LogP contribution in [0, 0.1) is 11.3 Å². The lowest BCUT2D eigenvalue weighted by atomic mass is 10.2. The quantitative estimate of drug-likeness (QED) is 0.814. The van der Waals surface area contributed by atoms with Crippen molar-refractivity contribution in [2.24, 2.45) is 0 Å². The molecule has 122 valence electrons. The Kier molecular flexibility index (Phi) is 6.17. The van der Waals surface area contributed by atoms with Crippen LogP contribution in [0.2, 0.25) is 5.02 Å². The fraction of sp³-hybridized carbons (Fsp3) is 0.118. The van der Waals surface area contributed by atoms with Crippen molar-refractivity contribution in [2.45, 2.75) is 0 Å². The summed E-state index contributed by atoms with van der Waals surface area (Å²) in [5, 5.41) is 11.8. The van der Waals surface area contributed by atoms with Crippen molar-refractivity contribution in [3.05, 3.63) is 59.1 Å². The Morgan fingerprint density at radius 2 is 1.79 bits per heavy atom. The number of hydrogen-bond acceptors (Lipinski definition) is 5. The van der Waals surface area contributed by atoms with Crippen LogP contribution in [0.25, 0.3) is 0 Å². The Labute approximate surface area is 143 Å². The molecule has 2 rings (SSSR count). The largest absolute Gasteiger partial charge is 0.481 e. The van der Waals surface area contributed by atoms with Crippen LogP contribution in [0.4, 0.5) is 5.69 Å². The molecule has 0 unspecified atom stereocenters. The highest BCUT2D eigenvalue weighted by atomic mass is 35.5. The lowest BCUT2D eigenvalue weighted by molar-refractivity contribution is -0.149. The van der Waals surface area contributed by atoms with Crippen molar-refractivity contribution >= 4 is 29.2 Å². The van der Waals surface area contributed by atoms with Gasteiger partial charge in [0.25, 0.3) is 5.91 Å². The number of para-hydroxylation sites is 2. The van der Waals surface area contributed by atoms with Gasteiger partial charge in [-0.25, -0.2) is 4.79 Å². The molecule has 0 saturated heterocycles. The van der Waals surface area contributed by atoms with Crippen LogP contribution in [0.15, 0.2) is 48.5 Å². The average Bonchev–Trinajstić information content (AvgIpc) is 2.60. The van der Waals surface area contributed by atoms with E-state index < -0.39 is 25.1 Å². The summed E-state index contributed by atoms with van der Waals surface area (Å²) < 4.78 is 10.0. The van der Waals surface area contributed by atoms with E-state index in [1.165, 1.54) is 0 Å². The molecule has 2 aromatic carbocycles. The van der Waals surface area contributed by atoms with Crippen LogP contribution >= 0.6 is 11.6 Å². The molecular formula is C17H13ClN2O4. The molecular weight excluding hydrogens is 332 g/mol. The maximum absolute atomic E-state index is 11.7. The monoisotopic (exact) mass is 344 g/mol. The zero-order valence-corrected chi connectivity index (χ0v) is 13.2. The Balaban J connectivity index is 1.78. The van der Waals surface area contributed by atoms with Crippen molar-refractivity contribution in [3.8, 4) is 11.8 Å². The first-order chi connectivity index (χ1) is 11.6. The van der Waals surface area contributed by atoms with Gasteiger partial charge in [0, 0.05) is 0 Å². The van der Waals surface area contributed by atoms with Gasteiger partial charge >= 0.3 is 5.97 Å². The van der Waals surface area contributed by atoms with Gasteiger partial charge in [0.2, 0.25) is 0 Å². The molecule has 2 aromatic rings. The van der Waals surface area contributed by atoms with Crippen molar-refractivity contribution in [3.63, 3.8) is 0 Å². The molecule has 0 aliphatic carbocycles. The van der Waals surface area contributed by atoms with Gasteiger partial charge < -0.3 is 14.8 Å². The number of nitriles is 1. The van der Waals surface area contributed by atoms with E-state index in [0.29, 0.717) is 16.3 Å². The average molecular weight is 345 g/mol. The van der Waals surface area contributed by atoms with Gasteiger partial charge in [0.15, 0.2) is 13.2 Å². The van der Waals surface area contributed by atoms with E-state index in [0.717, 1.165) is 0 Å². The Morgan fingerprint density at radius 3 is 2.54 bits per heavy atom. The van der Waals surface area contributed by atoms with Crippen LogP contribution in [0.1, 0.15) is 5.56 Å². The SMILES string of the molecule is N#Cc1ccccc1OCC(=O)OCC(=O)Nc1ccccc1Cl. The molecule has 0 spiro atoms. The summed E-state index contributed by atoms with van der Waals surface area (Å²) >= 11 is 5.91. The summed E-state index contributed by atoms with van der Waals surface area (Å²) in [5.41, 5.74) is 0.737. The number of esters is 1. The maximum atomic E-state index is 11.7. The lowest BCUT2D eigenvalue weighted by Gasteiger charge is -2.09. The van der Waals surface area contributed by atoms with E-state index in [1.54, 1.807) is 48.5 Å². The zero-order chi connectivity index (χ0) is 17.4. The molecule has 0 heterocycles. The molecule has 0 atom stereocenters. The first-order valence-corrected chi connectivity index (χ1v) is 7.30. The number of carbonyl (C=O) groups excluding carboxylic acids is 2. The predicted octanol–water partition coefficient (Wildman–Crippen LogP) is 2.77. The molecule has 0 aliphatic heterocycles. The fourth-order valence-corrected chi connectivity index (χ4v) is 1.94. The molecule has 1 N–H and O–H groups in total. The minimum atomic E-state index is -0.725. The van der Waals surface area contributed by atoms with Gasteiger partial charge in [0.1, 0.15) is 11.8 Å². The lowest BCUT2D eigenvalue weighted by Crippen LogP contribution is -2.23. The van der Waals surface area contributed by atoms with E-state index >= 15 is 0 Å². The van der Waals surface area contributed by atoms with Gasteiger partial charge in [-0.1, -0.05) is 35.9 Å². The van der Waals surface area contributed by atoms with Crippen LogP contribution in [0.3, 0.4) is 0 Å². The van der Waals surface area contributed by atoms with Crippen molar-refractivity contribution in [1.29, 1.82) is 5.26 Å². The highest BCUT2D eigenvalue weighted by Gasteiger charge is 2.11. The molecule has 6 nitrogen and oxygen atoms in total. The number of hydrogen-bond donors (Lipinski definition) is 1. The molecule has 0 bridgehead atoms. The van der Waals surface area contributed by atoms with E-state index in [4.69, 9.17) is 26.3 Å². The van der Waals surface area contributed by atoms with Crippen molar-refractivity contribution in [1.82, 2.24) is 0 Å². The highest BCUT2D eigenvalue weighted by Crippen LogP contribution is 2.20. The smallest absolute Gasteiger partial charge is 0.344 e. The highest BCUT2D eigenvalue weighted by molar-refractivity contribution is 6.33. The third-order valence-electron chi connectivity index (χ3n) is 2.87. The van der Waals surface area contributed by atoms with Crippen LogP contribution in [0.5, 0.6) is 5.75 Å². The normalized spacial score (nSPS) is 9.67. The number of benzene rings is 2. The Morgan fingerprint density at radius 1 is 1.08 bits per heavy atom. The van der Waals surface area contributed by atoms with Gasteiger partial charge in [-0.15, -0.1) is 0 Å². The fourth-order valence-electron chi connectivity index (χ4n) is 1.76. The standard InChI is InChI=1S/C17H13ClN2O4/c18-13-6-2-3-7-14(13)20-16(21)10-24-17(22)11-23-15-8-4-1-5-12(15)9-19/h1-8H,10-11H2,(H,20,21). The number of carbonyl (C=O) groups is 2. The summed E-state index contributed by atoms with van der Waals surface area (Å²) in [4.78, 5) is 23.3. The van der Waals surface area contributed by atoms with E-state index in [-0.39, 0.29) is 5.75 Å². The second kappa shape index (κ2) is 8.56. The maximum Gasteiger partial charge on any atom is 0.344 e. The third-order valence-corrected chi connectivity index (χ3v) is 3.19. The first kappa shape index (κ1) is 17.3. The van der Waals surface area contributed by atoms with Gasteiger partial charge in [-0.2, -0.15) is 5.26 Å². The molecule has 1 amide bonds. The summed E-state index contributed by atoms with van der Waals surface area (Å²) in [6.45, 7) is -0.870. The second-order valence-electron chi connectivity index (χ2n) is 4.59. The number of anilines is 1. The first-order valence-electron chi connectivity index (χ1n) is 6.92. The minimum Gasteiger partial charge on any atom is -0.481 e. The number of nitrogens with zero attached hydrogens (tertiary/aromatic N) is 1. The number of amides is 1. The number of ether oxygens (including phenoxy) is 2. The van der Waals surface area contributed by atoms with Gasteiger partial charge in [0.05, 0.1) is 16.3 Å². The second-order valence-corrected chi connectivity index (χ2v) is 4.99. The summed E-state index contributed by atoms with van der Waals surface area (Å²) in [6.07, 6.45) is 0. The van der Waals surface area contributed by atoms with E-state index in [2.05, 4.69) is 5.32 Å². The van der Waals surface area contributed by atoms with Crippen molar-refractivity contribution < 1.29 is 19.1 Å². The molecule has 0 aromatic heterocycles. The Bertz CT molecular complexity index is 786. The minimum absolute atomic E-state index is 0.275. The van der Waals surface area contributed by atoms with E-state index in [1.807, 2.05) is 6.07 Å². The number of halogens is 1. The summed E-state index contributed by atoms with van der Waals surface area (Å²) in [7, 11) is 0. The van der Waals surface area contributed by atoms with Crippen molar-refractivity contribution in [2.75, 3.05) is 18.5 Å². The number of nitrogens with one attached hydrogen (secondary N) is 1. The predicted molar refractivity (Wildman–Crippen MR) is 87.7 cm³/mol. The molecule has 0 radical (unpaired) electrons. The summed E-state index contributed by atoms with van der Waals surface area (Å²) in [5.74, 6) is -0.969. The van der Waals surface area contributed by atoms with Crippen LogP contribution < -0.4 is 10.1 Å². The van der Waals surface area contributed by atoms with Gasteiger partial charge in [-0.05, 0) is 24.3 Å². The topological polar surface area (TPSA) is 88.4 Å². The molecule has 0 saturated carbocycles. The molecule has 0 fully saturated rings. The third kappa shape index (κ3) is 5.00.